The number of hydrogen-bond acceptors (Lipinski definition) is 6. The van der Waals surface area contributed by atoms with Gasteiger partial charge in [0.15, 0.2) is 5.17 Å². The van der Waals surface area contributed by atoms with Gasteiger partial charge in [-0.2, -0.15) is 0 Å². The highest BCUT2D eigenvalue weighted by Crippen LogP contribution is 2.35. The number of ether oxygens (including phenoxy) is 1. The van der Waals surface area contributed by atoms with E-state index in [9.17, 15) is 14.7 Å². The van der Waals surface area contributed by atoms with Gasteiger partial charge < -0.3 is 14.6 Å². The van der Waals surface area contributed by atoms with E-state index in [2.05, 4.69) is 20.9 Å². The molecule has 1 aliphatic heterocycles. The van der Waals surface area contributed by atoms with E-state index in [-0.39, 0.29) is 11.5 Å². The van der Waals surface area contributed by atoms with Gasteiger partial charge in [0.2, 0.25) is 0 Å². The van der Waals surface area contributed by atoms with Crippen LogP contribution in [-0.2, 0) is 4.79 Å². The summed E-state index contributed by atoms with van der Waals surface area (Å²) in [5.74, 6) is -0.762. The van der Waals surface area contributed by atoms with Crippen molar-refractivity contribution in [2.45, 2.75) is 0 Å². The summed E-state index contributed by atoms with van der Waals surface area (Å²) in [7, 11) is 3.22. The molecular formula is C19H14BrN2O4S-. The van der Waals surface area contributed by atoms with Gasteiger partial charge in [-0.1, -0.05) is 28.1 Å². The van der Waals surface area contributed by atoms with Gasteiger partial charge in [-0.05, 0) is 53.7 Å². The summed E-state index contributed by atoms with van der Waals surface area (Å²) in [6, 6.07) is 11.5. The Labute approximate surface area is 168 Å². The number of halogens is 1. The number of amidine groups is 1. The monoisotopic (exact) mass is 445 g/mol. The minimum Gasteiger partial charge on any atom is -0.545 e. The first kappa shape index (κ1) is 19.2. The predicted octanol–water partition coefficient (Wildman–Crippen LogP) is 3.06. The number of benzene rings is 2. The number of hydrogen-bond donors (Lipinski definition) is 0. The van der Waals surface area contributed by atoms with Gasteiger partial charge in [-0.3, -0.25) is 9.69 Å². The predicted molar refractivity (Wildman–Crippen MR) is 107 cm³/mol. The van der Waals surface area contributed by atoms with Crippen LogP contribution in [0.15, 0.2) is 56.8 Å². The standard InChI is InChI=1S/C19H15BrN2O4S/c1-22-17(23)16(10-12-9-13(20)5-8-15(12)26-2)27-19(22)21-14-6-3-11(4-7-14)18(24)25/h3-10H,1-2H3,(H,24,25)/p-1/b16-10-,21-19?. The molecule has 0 unspecified atom stereocenters. The maximum atomic E-state index is 12.6. The lowest BCUT2D eigenvalue weighted by Gasteiger charge is -2.08. The topological polar surface area (TPSA) is 82.0 Å². The third-order valence-corrected chi connectivity index (χ3v) is 5.36. The van der Waals surface area contributed by atoms with Crippen LogP contribution < -0.4 is 9.84 Å². The van der Waals surface area contributed by atoms with Crippen LogP contribution in [0.25, 0.3) is 6.08 Å². The number of aromatic carboxylic acids is 1. The summed E-state index contributed by atoms with van der Waals surface area (Å²) in [6.45, 7) is 0. The van der Waals surface area contributed by atoms with E-state index in [4.69, 9.17) is 4.74 Å². The molecule has 6 nitrogen and oxygen atoms in total. The Bertz CT molecular complexity index is 970. The number of carboxylic acid groups (broad SMARTS) is 1. The van der Waals surface area contributed by atoms with E-state index in [1.165, 1.54) is 28.8 Å². The molecule has 0 bridgehead atoms. The van der Waals surface area contributed by atoms with Crippen LogP contribution in [0.3, 0.4) is 0 Å². The first-order valence-electron chi connectivity index (χ1n) is 7.80. The first-order valence-corrected chi connectivity index (χ1v) is 9.41. The van der Waals surface area contributed by atoms with E-state index in [0.717, 1.165) is 10.0 Å². The Morgan fingerprint density at radius 3 is 2.59 bits per heavy atom. The first-order chi connectivity index (χ1) is 12.9. The highest BCUT2D eigenvalue weighted by Gasteiger charge is 2.30. The van der Waals surface area contributed by atoms with Crippen molar-refractivity contribution in [1.29, 1.82) is 0 Å². The summed E-state index contributed by atoms with van der Waals surface area (Å²) in [5.41, 5.74) is 1.39. The number of thioether (sulfide) groups is 1. The summed E-state index contributed by atoms with van der Waals surface area (Å²) >= 11 is 4.66. The molecule has 2 aromatic rings. The molecule has 0 aliphatic carbocycles. The summed E-state index contributed by atoms with van der Waals surface area (Å²) < 4.78 is 6.22. The fourth-order valence-electron chi connectivity index (χ4n) is 2.39. The molecule has 0 aromatic heterocycles. The van der Waals surface area contributed by atoms with Crippen molar-refractivity contribution in [2.24, 2.45) is 4.99 Å². The molecule has 0 N–H and O–H groups in total. The lowest BCUT2D eigenvalue weighted by molar-refractivity contribution is -0.255. The van der Waals surface area contributed by atoms with Crippen LogP contribution >= 0.6 is 27.7 Å². The normalized spacial score (nSPS) is 17.0. The molecule has 2 aromatic carbocycles. The third-order valence-electron chi connectivity index (χ3n) is 3.81. The van der Waals surface area contributed by atoms with E-state index >= 15 is 0 Å². The van der Waals surface area contributed by atoms with Gasteiger partial charge in [0.05, 0.1) is 23.7 Å². The van der Waals surface area contributed by atoms with Gasteiger partial charge in [-0.25, -0.2) is 4.99 Å². The molecule has 1 aliphatic rings. The molecular weight excluding hydrogens is 432 g/mol. The van der Waals surface area contributed by atoms with Crippen LogP contribution in [-0.4, -0.2) is 36.1 Å². The molecule has 27 heavy (non-hydrogen) atoms. The molecule has 8 heteroatoms. The van der Waals surface area contributed by atoms with Crippen LogP contribution in [0, 0.1) is 0 Å². The van der Waals surface area contributed by atoms with E-state index in [1.54, 1.807) is 32.4 Å². The van der Waals surface area contributed by atoms with Crippen molar-refractivity contribution in [1.82, 2.24) is 4.90 Å². The number of carbonyl (C=O) groups excluding carboxylic acids is 2. The highest BCUT2D eigenvalue weighted by atomic mass is 79.9. The number of carbonyl (C=O) groups is 2. The average molecular weight is 446 g/mol. The molecule has 1 fully saturated rings. The molecule has 138 valence electrons. The fraction of sp³-hybridized carbons (Fsp3) is 0.105. The lowest BCUT2D eigenvalue weighted by Crippen LogP contribution is -2.23. The molecule has 0 atom stereocenters. The second-order valence-corrected chi connectivity index (χ2v) is 7.51. The van der Waals surface area contributed by atoms with Crippen molar-refractivity contribution in [3.05, 3.63) is 63.0 Å². The third kappa shape index (κ3) is 4.23. The van der Waals surface area contributed by atoms with E-state index < -0.39 is 5.97 Å². The van der Waals surface area contributed by atoms with Gasteiger partial charge in [0.25, 0.3) is 5.91 Å². The number of likely N-dealkylation sites (N-methyl/N-ethyl adjacent to an activating group) is 1. The highest BCUT2D eigenvalue weighted by molar-refractivity contribution is 9.10. The van der Waals surface area contributed by atoms with Gasteiger partial charge in [-0.15, -0.1) is 0 Å². The van der Waals surface area contributed by atoms with Crippen LogP contribution in [0.2, 0.25) is 0 Å². The van der Waals surface area contributed by atoms with Crippen LogP contribution in [0.5, 0.6) is 5.75 Å². The molecule has 1 amide bonds. The number of rotatable bonds is 4. The largest absolute Gasteiger partial charge is 0.545 e. The van der Waals surface area contributed by atoms with Crippen molar-refractivity contribution in [3.63, 3.8) is 0 Å². The summed E-state index contributed by atoms with van der Waals surface area (Å²) in [5, 5.41) is 11.3. The Kier molecular flexibility index (Phi) is 5.67. The van der Waals surface area contributed by atoms with Gasteiger partial charge >= 0.3 is 0 Å². The Morgan fingerprint density at radius 2 is 1.96 bits per heavy atom. The van der Waals surface area contributed by atoms with Gasteiger partial charge in [0, 0.05) is 17.1 Å². The number of amides is 1. The lowest BCUT2D eigenvalue weighted by atomic mass is 10.2. The molecule has 3 rings (SSSR count). The van der Waals surface area contributed by atoms with E-state index in [0.29, 0.717) is 21.5 Å². The summed E-state index contributed by atoms with van der Waals surface area (Å²) in [6.07, 6.45) is 1.76. The Hall–Kier alpha value is -2.58. The van der Waals surface area contributed by atoms with Crippen LogP contribution in [0.1, 0.15) is 15.9 Å². The zero-order valence-electron chi connectivity index (χ0n) is 14.4. The van der Waals surface area contributed by atoms with Crippen LogP contribution in [0.4, 0.5) is 5.69 Å². The second-order valence-electron chi connectivity index (χ2n) is 5.59. The smallest absolute Gasteiger partial charge is 0.266 e. The average Bonchev–Trinajstić information content (AvgIpc) is 2.90. The molecule has 1 heterocycles. The fourth-order valence-corrected chi connectivity index (χ4v) is 3.75. The van der Waals surface area contributed by atoms with Crippen molar-refractivity contribution in [2.75, 3.05) is 14.2 Å². The van der Waals surface area contributed by atoms with Crippen molar-refractivity contribution < 1.29 is 19.4 Å². The number of aliphatic imine (C=N–C) groups is 1. The quantitative estimate of drug-likeness (QED) is 0.675. The van der Waals surface area contributed by atoms with Crippen molar-refractivity contribution >= 4 is 56.5 Å². The minimum absolute atomic E-state index is 0.0739. The Morgan fingerprint density at radius 1 is 1.26 bits per heavy atom. The SMILES string of the molecule is COc1ccc(Br)cc1/C=C1\SC(=Nc2ccc(C(=O)[O-])cc2)N(C)C1=O. The molecule has 0 saturated carbocycles. The molecule has 0 spiro atoms. The van der Waals surface area contributed by atoms with Crippen molar-refractivity contribution in [3.8, 4) is 5.75 Å². The summed E-state index contributed by atoms with van der Waals surface area (Å²) in [4.78, 5) is 29.8. The second kappa shape index (κ2) is 7.98. The zero-order valence-corrected chi connectivity index (χ0v) is 16.8. The number of nitrogens with zero attached hydrogens (tertiary/aromatic N) is 2. The van der Waals surface area contributed by atoms with Gasteiger partial charge in [0.1, 0.15) is 5.75 Å². The maximum Gasteiger partial charge on any atom is 0.266 e. The molecule has 0 radical (unpaired) electrons. The number of carboxylic acids is 1. The molecule has 1 saturated heterocycles. The Balaban J connectivity index is 1.91. The van der Waals surface area contributed by atoms with E-state index in [1.807, 2.05) is 18.2 Å². The zero-order chi connectivity index (χ0) is 19.6. The minimum atomic E-state index is -1.25. The maximum absolute atomic E-state index is 12.6. The number of methoxy groups -OCH3 is 1.